The molecular weight excluding hydrogens is 96.1 g/mol. The van der Waals surface area contributed by atoms with Crippen molar-refractivity contribution in [3.05, 3.63) is 36.5 Å². The molecule has 2 radical (unpaired) electrons. The van der Waals surface area contributed by atoms with Crippen LogP contribution >= 0.6 is 0 Å². The Labute approximate surface area is 51.2 Å². The third-order valence-corrected chi connectivity index (χ3v) is 0.852. The third kappa shape index (κ3) is 3.41. The van der Waals surface area contributed by atoms with Gasteiger partial charge < -0.3 is 0 Å². The molecule has 0 fully saturated rings. The van der Waals surface area contributed by atoms with Crippen molar-refractivity contribution in [1.29, 1.82) is 0 Å². The lowest BCUT2D eigenvalue weighted by molar-refractivity contribution is 1.43. The van der Waals surface area contributed by atoms with Crippen LogP contribution in [0.1, 0.15) is 13.8 Å². The van der Waals surface area contributed by atoms with E-state index in [0.717, 1.165) is 5.57 Å². The van der Waals surface area contributed by atoms with Crippen LogP contribution in [0.4, 0.5) is 0 Å². The van der Waals surface area contributed by atoms with Crippen LogP contribution in [0, 0.1) is 12.7 Å². The summed E-state index contributed by atoms with van der Waals surface area (Å²) >= 11 is 0. The predicted molar refractivity (Wildman–Crippen MR) is 36.1 cm³/mol. The van der Waals surface area contributed by atoms with E-state index in [1.54, 1.807) is 6.08 Å². The van der Waals surface area contributed by atoms with Crippen LogP contribution in [0.2, 0.25) is 0 Å². The molecule has 0 atom stereocenters. The fraction of sp³-hybridized carbons (Fsp3) is 0.250. The standard InChI is InChI=1S/C8H10/c1-4-6-7-8(3)5-2/h1,4,6-7H,2-3H3. The second-order valence-electron chi connectivity index (χ2n) is 1.48. The molecule has 0 aliphatic rings. The summed E-state index contributed by atoms with van der Waals surface area (Å²) in [5.41, 5.74) is 1.10. The lowest BCUT2D eigenvalue weighted by Gasteiger charge is -1.81. The summed E-state index contributed by atoms with van der Waals surface area (Å²) in [6.45, 7) is 8.92. The topological polar surface area (TPSA) is 0 Å². The first-order valence-corrected chi connectivity index (χ1v) is 2.54. The molecule has 0 aromatic carbocycles. The van der Waals surface area contributed by atoms with E-state index in [2.05, 4.69) is 6.08 Å². The minimum atomic E-state index is 1.10. The molecule has 0 saturated heterocycles. The van der Waals surface area contributed by atoms with E-state index < -0.39 is 0 Å². The highest BCUT2D eigenvalue weighted by Crippen LogP contribution is 1.91. The van der Waals surface area contributed by atoms with Crippen LogP contribution in [0.15, 0.2) is 23.8 Å². The van der Waals surface area contributed by atoms with Gasteiger partial charge in [0.05, 0.1) is 0 Å². The van der Waals surface area contributed by atoms with Crippen molar-refractivity contribution in [2.45, 2.75) is 13.8 Å². The molecule has 0 nitrogen and oxygen atoms in total. The minimum Gasteiger partial charge on any atom is -0.0623 e. The van der Waals surface area contributed by atoms with Gasteiger partial charge in [0.15, 0.2) is 0 Å². The molecule has 0 saturated carbocycles. The minimum absolute atomic E-state index is 1.10. The van der Waals surface area contributed by atoms with Gasteiger partial charge in [-0.15, -0.1) is 0 Å². The van der Waals surface area contributed by atoms with Gasteiger partial charge in [0.25, 0.3) is 0 Å². The molecule has 0 bridgehead atoms. The predicted octanol–water partition coefficient (Wildman–Crippen LogP) is 2.30. The van der Waals surface area contributed by atoms with E-state index in [1.807, 2.05) is 19.9 Å². The fourth-order valence-electron chi connectivity index (χ4n) is 0.283. The molecule has 0 rings (SSSR count). The molecule has 0 unspecified atom stereocenters. The van der Waals surface area contributed by atoms with Gasteiger partial charge in [-0.05, 0) is 25.5 Å². The van der Waals surface area contributed by atoms with Gasteiger partial charge in [0.1, 0.15) is 0 Å². The van der Waals surface area contributed by atoms with Crippen molar-refractivity contribution in [1.82, 2.24) is 0 Å². The summed E-state index contributed by atoms with van der Waals surface area (Å²) in [6, 6.07) is 0. The van der Waals surface area contributed by atoms with E-state index in [4.69, 9.17) is 6.58 Å². The quantitative estimate of drug-likeness (QED) is 0.474. The van der Waals surface area contributed by atoms with Crippen LogP contribution in [-0.2, 0) is 0 Å². The van der Waals surface area contributed by atoms with Crippen molar-refractivity contribution in [3.8, 4) is 0 Å². The second-order valence-corrected chi connectivity index (χ2v) is 1.48. The Bertz CT molecular complexity index is 116. The van der Waals surface area contributed by atoms with Crippen molar-refractivity contribution in [3.63, 3.8) is 0 Å². The summed E-state index contributed by atoms with van der Waals surface area (Å²) in [5.74, 6) is 0. The molecule has 0 aromatic rings. The summed E-state index contributed by atoms with van der Waals surface area (Å²) in [6.07, 6.45) is 8.14. The zero-order valence-corrected chi connectivity index (χ0v) is 5.31. The summed E-state index contributed by atoms with van der Waals surface area (Å²) in [7, 11) is 0. The fourth-order valence-corrected chi connectivity index (χ4v) is 0.283. The van der Waals surface area contributed by atoms with Gasteiger partial charge in [-0.1, -0.05) is 24.8 Å². The molecule has 0 N–H and O–H groups in total. The van der Waals surface area contributed by atoms with Gasteiger partial charge in [-0.2, -0.15) is 0 Å². The maximum atomic E-state index is 5.08. The van der Waals surface area contributed by atoms with E-state index in [-0.39, 0.29) is 0 Å². The van der Waals surface area contributed by atoms with E-state index in [9.17, 15) is 0 Å². The van der Waals surface area contributed by atoms with Gasteiger partial charge in [0, 0.05) is 0 Å². The average Bonchev–Trinajstić information content (AvgIpc) is 1.83. The average molecular weight is 106 g/mol. The number of allylic oxidation sites excluding steroid dienone is 5. The SMILES string of the molecule is [CH]=CC=C/C(C)=[C]/C. The third-order valence-electron chi connectivity index (χ3n) is 0.852. The molecule has 0 spiro atoms. The van der Waals surface area contributed by atoms with Gasteiger partial charge in [-0.3, -0.25) is 0 Å². The van der Waals surface area contributed by atoms with Gasteiger partial charge in [0.2, 0.25) is 0 Å². The van der Waals surface area contributed by atoms with Crippen molar-refractivity contribution in [2.24, 2.45) is 0 Å². The Morgan fingerprint density at radius 1 is 1.62 bits per heavy atom. The summed E-state index contributed by atoms with van der Waals surface area (Å²) in [4.78, 5) is 0. The number of hydrogen-bond acceptors (Lipinski definition) is 0. The zero-order valence-electron chi connectivity index (χ0n) is 5.31. The zero-order chi connectivity index (χ0) is 6.41. The van der Waals surface area contributed by atoms with Crippen LogP contribution in [0.25, 0.3) is 0 Å². The largest absolute Gasteiger partial charge is 0.0623 e. The Kier molecular flexibility index (Phi) is 3.95. The number of rotatable bonds is 2. The Hall–Kier alpha value is -0.780. The Morgan fingerprint density at radius 2 is 2.25 bits per heavy atom. The van der Waals surface area contributed by atoms with Gasteiger partial charge >= 0.3 is 0 Å². The Balaban J connectivity index is 3.69. The highest BCUT2D eigenvalue weighted by molar-refractivity contribution is 5.15. The highest BCUT2D eigenvalue weighted by atomic mass is 13.8. The molecule has 0 heterocycles. The van der Waals surface area contributed by atoms with E-state index in [0.29, 0.717) is 0 Å². The van der Waals surface area contributed by atoms with Crippen molar-refractivity contribution < 1.29 is 0 Å². The molecule has 0 aliphatic carbocycles. The van der Waals surface area contributed by atoms with Crippen LogP contribution < -0.4 is 0 Å². The van der Waals surface area contributed by atoms with E-state index in [1.165, 1.54) is 6.08 Å². The molecule has 8 heavy (non-hydrogen) atoms. The molecule has 0 amide bonds. The van der Waals surface area contributed by atoms with Crippen LogP contribution in [0.3, 0.4) is 0 Å². The summed E-state index contributed by atoms with van der Waals surface area (Å²) < 4.78 is 0. The lowest BCUT2D eigenvalue weighted by atomic mass is 10.3. The van der Waals surface area contributed by atoms with E-state index >= 15 is 0 Å². The Morgan fingerprint density at radius 3 is 2.62 bits per heavy atom. The van der Waals surface area contributed by atoms with Crippen molar-refractivity contribution >= 4 is 0 Å². The first kappa shape index (κ1) is 7.22. The first-order chi connectivity index (χ1) is 3.81. The summed E-state index contributed by atoms with van der Waals surface area (Å²) in [5, 5.41) is 0. The highest BCUT2D eigenvalue weighted by Gasteiger charge is 1.71. The smallest absolute Gasteiger partial charge is 0.0392 e. The van der Waals surface area contributed by atoms with Gasteiger partial charge in [-0.25, -0.2) is 0 Å². The molecule has 0 aliphatic heterocycles. The monoisotopic (exact) mass is 106 g/mol. The molecule has 0 heteroatoms. The molecule has 0 aromatic heterocycles. The number of hydrogen-bond donors (Lipinski definition) is 0. The molecule has 42 valence electrons. The van der Waals surface area contributed by atoms with Crippen LogP contribution in [0.5, 0.6) is 0 Å². The molecular formula is C8H10. The maximum Gasteiger partial charge on any atom is -0.0392 e. The van der Waals surface area contributed by atoms with Crippen LogP contribution in [-0.4, -0.2) is 0 Å². The second kappa shape index (κ2) is 4.38. The maximum absolute atomic E-state index is 5.08. The van der Waals surface area contributed by atoms with Crippen molar-refractivity contribution in [2.75, 3.05) is 0 Å². The first-order valence-electron chi connectivity index (χ1n) is 2.54. The lowest BCUT2D eigenvalue weighted by Crippen LogP contribution is -1.62. The normalized spacial score (nSPS) is 12.5.